The van der Waals surface area contributed by atoms with Crippen LogP contribution < -0.4 is 10.6 Å². The largest absolute Gasteiger partial charge is 0.456 e. The van der Waals surface area contributed by atoms with Gasteiger partial charge in [0.2, 0.25) is 0 Å². The lowest BCUT2D eigenvalue weighted by atomic mass is 9.62. The molecule has 0 amide bonds. The van der Waals surface area contributed by atoms with Crippen LogP contribution >= 0.6 is 0 Å². The SMILES string of the molecule is CC1(C)CCC(C)(C)c2c1ccc1c2c2ccccc2n1C1=CC(c2nc(-c3ccccc3)nc(C3C=c4oc5ccccc5c4=CC3)n2)=CCC1. The van der Waals surface area contributed by atoms with E-state index in [9.17, 15) is 0 Å². The zero-order chi connectivity index (χ0) is 35.2. The van der Waals surface area contributed by atoms with Gasteiger partial charge < -0.3 is 8.98 Å². The monoisotopic (exact) mass is 678 g/mol. The standard InChI is InChI=1S/C47H42N4O/c1-46(2)25-26-47(3,4)42-36(46)23-24-38-41(42)35-18-8-10-19-37(35)51(38)32-16-12-15-30(27-32)44-48-43(29-13-6-5-7-14-29)49-45(50-44)31-21-22-34-33-17-9-11-20-39(33)52-40(34)28-31/h5-11,13-15,17-20,22-24,27-28,31H,12,16,21,25-26H2,1-4H3. The molecule has 3 aromatic heterocycles. The summed E-state index contributed by atoms with van der Waals surface area (Å²) in [6.45, 7) is 9.70. The first kappa shape index (κ1) is 31.2. The molecule has 3 heterocycles. The molecule has 0 saturated heterocycles. The third-order valence-electron chi connectivity index (χ3n) is 11.9. The Morgan fingerprint density at radius 1 is 0.712 bits per heavy atom. The number of aromatic nitrogens is 4. The zero-order valence-corrected chi connectivity index (χ0v) is 30.3. The number of benzene rings is 4. The van der Waals surface area contributed by atoms with E-state index in [0.29, 0.717) is 11.6 Å². The summed E-state index contributed by atoms with van der Waals surface area (Å²) in [5.41, 5.74) is 10.9. The minimum atomic E-state index is -0.0268. The van der Waals surface area contributed by atoms with E-state index in [2.05, 4.69) is 117 Å². The number of allylic oxidation sites excluding steroid dienone is 4. The van der Waals surface area contributed by atoms with Crippen LogP contribution in [0.1, 0.15) is 88.5 Å². The van der Waals surface area contributed by atoms with Gasteiger partial charge in [-0.3, -0.25) is 0 Å². The summed E-state index contributed by atoms with van der Waals surface area (Å²) < 4.78 is 8.82. The maximum absolute atomic E-state index is 6.31. The van der Waals surface area contributed by atoms with E-state index in [4.69, 9.17) is 19.4 Å². The number of para-hydroxylation sites is 2. The highest BCUT2D eigenvalue weighted by molar-refractivity contribution is 6.13. The van der Waals surface area contributed by atoms with Gasteiger partial charge in [-0.1, -0.05) is 113 Å². The maximum Gasteiger partial charge on any atom is 0.163 e. The highest BCUT2D eigenvalue weighted by atomic mass is 16.3. The average Bonchev–Trinajstić information content (AvgIpc) is 3.72. The summed E-state index contributed by atoms with van der Waals surface area (Å²) in [5.74, 6) is 2.15. The van der Waals surface area contributed by atoms with Gasteiger partial charge in [0.25, 0.3) is 0 Å². The molecule has 10 rings (SSSR count). The van der Waals surface area contributed by atoms with Crippen molar-refractivity contribution in [2.75, 3.05) is 0 Å². The predicted octanol–water partition coefficient (Wildman–Crippen LogP) is 10.2. The smallest absolute Gasteiger partial charge is 0.163 e. The molecular weight excluding hydrogens is 637 g/mol. The number of rotatable bonds is 4. The van der Waals surface area contributed by atoms with Crippen LogP contribution in [0.2, 0.25) is 0 Å². The van der Waals surface area contributed by atoms with E-state index >= 15 is 0 Å². The van der Waals surface area contributed by atoms with Crippen LogP contribution in [0.15, 0.2) is 108 Å². The summed E-state index contributed by atoms with van der Waals surface area (Å²) in [7, 11) is 0. The number of fused-ring (bicyclic) bond motifs is 8. The van der Waals surface area contributed by atoms with Crippen molar-refractivity contribution in [1.29, 1.82) is 0 Å². The van der Waals surface area contributed by atoms with Crippen molar-refractivity contribution >= 4 is 56.2 Å². The van der Waals surface area contributed by atoms with E-state index < -0.39 is 0 Å². The second-order valence-electron chi connectivity index (χ2n) is 16.1. The predicted molar refractivity (Wildman–Crippen MR) is 213 cm³/mol. The van der Waals surface area contributed by atoms with E-state index in [0.717, 1.165) is 57.8 Å². The van der Waals surface area contributed by atoms with Gasteiger partial charge in [-0.25, -0.2) is 15.0 Å². The molecule has 0 N–H and O–H groups in total. The molecule has 3 aliphatic rings. The molecule has 4 aromatic carbocycles. The van der Waals surface area contributed by atoms with Crippen LogP contribution in [0.5, 0.6) is 0 Å². The summed E-state index contributed by atoms with van der Waals surface area (Å²) in [6, 6.07) is 32.3. The Morgan fingerprint density at radius 3 is 2.33 bits per heavy atom. The van der Waals surface area contributed by atoms with Gasteiger partial charge in [0.1, 0.15) is 16.8 Å². The molecule has 3 aliphatic carbocycles. The number of furan rings is 1. The minimum Gasteiger partial charge on any atom is -0.456 e. The molecule has 0 radical (unpaired) electrons. The third-order valence-corrected chi connectivity index (χ3v) is 11.9. The molecule has 0 saturated carbocycles. The zero-order valence-electron chi connectivity index (χ0n) is 30.3. The summed E-state index contributed by atoms with van der Waals surface area (Å²) in [6.07, 6.45) is 14.1. The number of hydrogen-bond acceptors (Lipinski definition) is 4. The molecule has 256 valence electrons. The van der Waals surface area contributed by atoms with Crippen molar-refractivity contribution in [1.82, 2.24) is 19.5 Å². The first-order valence-electron chi connectivity index (χ1n) is 18.7. The topological polar surface area (TPSA) is 56.7 Å². The van der Waals surface area contributed by atoms with E-state index in [1.807, 2.05) is 30.3 Å². The fourth-order valence-corrected chi connectivity index (χ4v) is 9.04. The van der Waals surface area contributed by atoms with Gasteiger partial charge in [-0.15, -0.1) is 0 Å². The molecule has 0 spiro atoms. The first-order chi connectivity index (χ1) is 25.2. The lowest BCUT2D eigenvalue weighted by molar-refractivity contribution is 0.334. The summed E-state index contributed by atoms with van der Waals surface area (Å²) in [5, 5.41) is 5.05. The lowest BCUT2D eigenvalue weighted by Crippen LogP contribution is -2.34. The minimum absolute atomic E-state index is 0.0268. The molecule has 7 aromatic rings. The molecular formula is C47H42N4O. The van der Waals surface area contributed by atoms with Crippen molar-refractivity contribution in [2.45, 2.75) is 76.5 Å². The van der Waals surface area contributed by atoms with Gasteiger partial charge in [-0.2, -0.15) is 0 Å². The van der Waals surface area contributed by atoms with Crippen LogP contribution in [0, 0.1) is 0 Å². The average molecular weight is 679 g/mol. The van der Waals surface area contributed by atoms with E-state index in [1.54, 1.807) is 0 Å². The van der Waals surface area contributed by atoms with Gasteiger partial charge in [0.15, 0.2) is 11.6 Å². The molecule has 52 heavy (non-hydrogen) atoms. The van der Waals surface area contributed by atoms with Crippen LogP contribution in [0.25, 0.3) is 67.6 Å². The molecule has 0 fully saturated rings. The molecule has 0 aliphatic heterocycles. The quantitative estimate of drug-likeness (QED) is 0.186. The number of nitrogens with zero attached hydrogens (tertiary/aromatic N) is 4. The van der Waals surface area contributed by atoms with E-state index in [1.165, 1.54) is 51.5 Å². The molecule has 5 nitrogen and oxygen atoms in total. The van der Waals surface area contributed by atoms with Crippen molar-refractivity contribution in [3.05, 3.63) is 137 Å². The highest BCUT2D eigenvalue weighted by Crippen LogP contribution is 2.51. The number of hydrogen-bond donors (Lipinski definition) is 0. The Balaban J connectivity index is 1.13. The Labute approximate surface area is 303 Å². The lowest BCUT2D eigenvalue weighted by Gasteiger charge is -2.42. The van der Waals surface area contributed by atoms with Crippen molar-refractivity contribution in [3.8, 4) is 11.4 Å². The van der Waals surface area contributed by atoms with Gasteiger partial charge in [0, 0.05) is 44.1 Å². The van der Waals surface area contributed by atoms with Gasteiger partial charge in [0.05, 0.1) is 11.0 Å². The first-order valence-corrected chi connectivity index (χ1v) is 18.7. The van der Waals surface area contributed by atoms with Crippen LogP contribution in [0.3, 0.4) is 0 Å². The van der Waals surface area contributed by atoms with E-state index in [-0.39, 0.29) is 16.7 Å². The second-order valence-corrected chi connectivity index (χ2v) is 16.1. The molecule has 1 unspecified atom stereocenters. The van der Waals surface area contributed by atoms with Crippen LogP contribution in [-0.2, 0) is 10.8 Å². The van der Waals surface area contributed by atoms with Crippen molar-refractivity contribution in [3.63, 3.8) is 0 Å². The van der Waals surface area contributed by atoms with Gasteiger partial charge in [-0.05, 0) is 84.4 Å². The Morgan fingerprint density at radius 2 is 1.46 bits per heavy atom. The summed E-state index contributed by atoms with van der Waals surface area (Å²) >= 11 is 0. The van der Waals surface area contributed by atoms with Crippen LogP contribution in [-0.4, -0.2) is 19.5 Å². The van der Waals surface area contributed by atoms with Crippen LogP contribution in [0.4, 0.5) is 0 Å². The second kappa shape index (κ2) is 11.5. The third kappa shape index (κ3) is 4.86. The fraction of sp³-hybridized carbons (Fsp3) is 0.255. The Kier molecular flexibility index (Phi) is 6.89. The van der Waals surface area contributed by atoms with Gasteiger partial charge >= 0.3 is 0 Å². The summed E-state index contributed by atoms with van der Waals surface area (Å²) in [4.78, 5) is 15.5. The Bertz CT molecular complexity index is 2780. The molecule has 5 heteroatoms. The normalized spacial score (nSPS) is 19.0. The van der Waals surface area contributed by atoms with Crippen molar-refractivity contribution < 1.29 is 4.42 Å². The maximum atomic E-state index is 6.31. The Hall–Kier alpha value is -5.55. The molecule has 0 bridgehead atoms. The highest BCUT2D eigenvalue weighted by Gasteiger charge is 2.39. The van der Waals surface area contributed by atoms with Crippen molar-refractivity contribution in [2.24, 2.45) is 0 Å². The molecule has 1 atom stereocenters. The fourth-order valence-electron chi connectivity index (χ4n) is 9.04.